The summed E-state index contributed by atoms with van der Waals surface area (Å²) >= 11 is 0. The monoisotopic (exact) mass is 308 g/mol. The van der Waals surface area contributed by atoms with Gasteiger partial charge in [-0.1, -0.05) is 30.2 Å². The second-order valence-electron chi connectivity index (χ2n) is 8.19. The minimum atomic E-state index is -0.793. The van der Waals surface area contributed by atoms with E-state index in [9.17, 15) is 10.2 Å². The van der Waals surface area contributed by atoms with Crippen LogP contribution in [0.2, 0.25) is 0 Å². The van der Waals surface area contributed by atoms with E-state index in [0.29, 0.717) is 0 Å². The summed E-state index contributed by atoms with van der Waals surface area (Å²) in [7, 11) is 0. The molecular formula is C20H36O2. The fraction of sp³-hybridized carbons (Fsp3) is 0.800. The third-order valence-electron chi connectivity index (χ3n) is 5.69. The van der Waals surface area contributed by atoms with Crippen molar-refractivity contribution < 1.29 is 10.2 Å². The molecule has 0 bridgehead atoms. The highest BCUT2D eigenvalue weighted by Crippen LogP contribution is 2.53. The van der Waals surface area contributed by atoms with Crippen LogP contribution in [0.15, 0.2) is 23.3 Å². The van der Waals surface area contributed by atoms with Gasteiger partial charge in [0.2, 0.25) is 0 Å². The van der Waals surface area contributed by atoms with Crippen LogP contribution in [0.4, 0.5) is 0 Å². The van der Waals surface area contributed by atoms with Gasteiger partial charge in [0.15, 0.2) is 0 Å². The first-order chi connectivity index (χ1) is 10.1. The van der Waals surface area contributed by atoms with Gasteiger partial charge in [-0.2, -0.15) is 0 Å². The highest BCUT2D eigenvalue weighted by Gasteiger charge is 2.51. The molecule has 0 aromatic heterocycles. The molecule has 1 aliphatic carbocycles. The standard InChI is InChI=1S/C20H36O2/c1-15(2)8-7-12-19(5)13-11-17(14-21)20(6,22)18(19)10-9-16(3)4/h8-9,17-18,21-22H,7,10-14H2,1-6H3. The number of allylic oxidation sites excluding steroid dienone is 4. The van der Waals surface area contributed by atoms with Crippen molar-refractivity contribution in [1.82, 2.24) is 0 Å². The van der Waals surface area contributed by atoms with Gasteiger partial charge in [-0.3, -0.25) is 0 Å². The van der Waals surface area contributed by atoms with Crippen molar-refractivity contribution in [2.45, 2.75) is 79.2 Å². The predicted octanol–water partition coefficient (Wildman–Crippen LogP) is 4.86. The number of aliphatic hydroxyl groups excluding tert-OH is 1. The van der Waals surface area contributed by atoms with Crippen LogP contribution in [0, 0.1) is 17.3 Å². The van der Waals surface area contributed by atoms with Crippen molar-refractivity contribution in [3.05, 3.63) is 23.3 Å². The first-order valence-corrected chi connectivity index (χ1v) is 8.73. The molecule has 0 heterocycles. The molecule has 1 aliphatic rings. The van der Waals surface area contributed by atoms with Gasteiger partial charge < -0.3 is 10.2 Å². The van der Waals surface area contributed by atoms with Crippen LogP contribution in [-0.4, -0.2) is 22.4 Å². The average molecular weight is 309 g/mol. The number of hydrogen-bond acceptors (Lipinski definition) is 2. The van der Waals surface area contributed by atoms with E-state index in [1.807, 2.05) is 6.92 Å². The summed E-state index contributed by atoms with van der Waals surface area (Å²) in [4.78, 5) is 0. The average Bonchev–Trinajstić information content (AvgIpc) is 2.37. The molecular weight excluding hydrogens is 272 g/mol. The van der Waals surface area contributed by atoms with Gasteiger partial charge >= 0.3 is 0 Å². The number of rotatable bonds is 6. The Balaban J connectivity index is 3.01. The van der Waals surface area contributed by atoms with Crippen LogP contribution in [0.25, 0.3) is 0 Å². The molecule has 0 amide bonds. The third-order valence-corrected chi connectivity index (χ3v) is 5.69. The lowest BCUT2D eigenvalue weighted by molar-refractivity contribution is -0.146. The van der Waals surface area contributed by atoms with Crippen molar-refractivity contribution in [3.8, 4) is 0 Å². The number of hydrogen-bond donors (Lipinski definition) is 2. The van der Waals surface area contributed by atoms with E-state index in [2.05, 4.69) is 46.8 Å². The molecule has 4 atom stereocenters. The van der Waals surface area contributed by atoms with Crippen molar-refractivity contribution in [2.75, 3.05) is 6.61 Å². The van der Waals surface area contributed by atoms with E-state index >= 15 is 0 Å². The Labute approximate surface area is 137 Å². The zero-order valence-corrected chi connectivity index (χ0v) is 15.4. The second kappa shape index (κ2) is 7.79. The predicted molar refractivity (Wildman–Crippen MR) is 94.7 cm³/mol. The number of aliphatic hydroxyl groups is 2. The normalized spacial score (nSPS) is 35.1. The van der Waals surface area contributed by atoms with Crippen LogP contribution >= 0.6 is 0 Å². The van der Waals surface area contributed by atoms with Crippen LogP contribution in [-0.2, 0) is 0 Å². The molecule has 2 N–H and O–H groups in total. The summed E-state index contributed by atoms with van der Waals surface area (Å²) in [5.41, 5.74) is 2.00. The molecule has 0 spiro atoms. The SMILES string of the molecule is CC(C)=CCCC1(C)CCC(CO)C(C)(O)C1CC=C(C)C. The highest BCUT2D eigenvalue weighted by atomic mass is 16.3. The Kier molecular flexibility index (Phi) is 6.88. The maximum atomic E-state index is 11.1. The van der Waals surface area contributed by atoms with E-state index in [1.165, 1.54) is 11.1 Å². The van der Waals surface area contributed by atoms with Gasteiger partial charge in [0.25, 0.3) is 0 Å². The Morgan fingerprint density at radius 1 is 1.09 bits per heavy atom. The third kappa shape index (κ3) is 4.70. The molecule has 22 heavy (non-hydrogen) atoms. The molecule has 4 unspecified atom stereocenters. The molecule has 0 radical (unpaired) electrons. The molecule has 1 fully saturated rings. The van der Waals surface area contributed by atoms with E-state index in [1.54, 1.807) is 0 Å². The Bertz CT molecular complexity index is 411. The first kappa shape index (κ1) is 19.4. The summed E-state index contributed by atoms with van der Waals surface area (Å²) in [6.07, 6.45) is 9.63. The van der Waals surface area contributed by atoms with Gasteiger partial charge in [0.05, 0.1) is 5.60 Å². The highest BCUT2D eigenvalue weighted by molar-refractivity contribution is 5.07. The van der Waals surface area contributed by atoms with E-state index in [4.69, 9.17) is 0 Å². The summed E-state index contributed by atoms with van der Waals surface area (Å²) in [6.45, 7) is 12.9. The molecule has 1 rings (SSSR count). The minimum absolute atomic E-state index is 0.000379. The maximum Gasteiger partial charge on any atom is 0.0705 e. The Morgan fingerprint density at radius 3 is 2.18 bits per heavy atom. The van der Waals surface area contributed by atoms with Gasteiger partial charge in [-0.05, 0) is 78.1 Å². The zero-order chi connectivity index (χ0) is 17.0. The van der Waals surface area contributed by atoms with Crippen molar-refractivity contribution in [2.24, 2.45) is 17.3 Å². The zero-order valence-electron chi connectivity index (χ0n) is 15.4. The summed E-state index contributed by atoms with van der Waals surface area (Å²) in [6, 6.07) is 0. The Morgan fingerprint density at radius 2 is 1.68 bits per heavy atom. The molecule has 0 aliphatic heterocycles. The van der Waals surface area contributed by atoms with Crippen molar-refractivity contribution in [3.63, 3.8) is 0 Å². The topological polar surface area (TPSA) is 40.5 Å². The van der Waals surface area contributed by atoms with Gasteiger partial charge in [0.1, 0.15) is 0 Å². The lowest BCUT2D eigenvalue weighted by atomic mass is 9.55. The van der Waals surface area contributed by atoms with Crippen LogP contribution in [0.3, 0.4) is 0 Å². The van der Waals surface area contributed by atoms with Crippen LogP contribution in [0.5, 0.6) is 0 Å². The second-order valence-corrected chi connectivity index (χ2v) is 8.19. The quantitative estimate of drug-likeness (QED) is 0.688. The molecule has 0 aromatic rings. The summed E-state index contributed by atoms with van der Waals surface area (Å²) in [5.74, 6) is 0.200. The molecule has 0 aromatic carbocycles. The van der Waals surface area contributed by atoms with E-state index in [0.717, 1.165) is 32.1 Å². The van der Waals surface area contributed by atoms with Crippen molar-refractivity contribution >= 4 is 0 Å². The molecule has 2 heteroatoms. The summed E-state index contributed by atoms with van der Waals surface area (Å²) in [5, 5.41) is 20.8. The molecule has 2 nitrogen and oxygen atoms in total. The summed E-state index contributed by atoms with van der Waals surface area (Å²) < 4.78 is 0. The van der Waals surface area contributed by atoms with Crippen molar-refractivity contribution in [1.29, 1.82) is 0 Å². The largest absolute Gasteiger partial charge is 0.396 e. The van der Waals surface area contributed by atoms with Crippen LogP contribution < -0.4 is 0 Å². The fourth-order valence-electron chi connectivity index (χ4n) is 4.10. The lowest BCUT2D eigenvalue weighted by Gasteiger charge is -2.53. The van der Waals surface area contributed by atoms with E-state index in [-0.39, 0.29) is 23.9 Å². The minimum Gasteiger partial charge on any atom is -0.396 e. The first-order valence-electron chi connectivity index (χ1n) is 8.73. The van der Waals surface area contributed by atoms with Gasteiger partial charge in [-0.15, -0.1) is 0 Å². The van der Waals surface area contributed by atoms with Gasteiger partial charge in [-0.25, -0.2) is 0 Å². The molecule has 128 valence electrons. The van der Waals surface area contributed by atoms with Crippen LogP contribution in [0.1, 0.15) is 73.6 Å². The molecule has 0 saturated heterocycles. The fourth-order valence-corrected chi connectivity index (χ4v) is 4.10. The lowest BCUT2D eigenvalue weighted by Crippen LogP contribution is -2.54. The van der Waals surface area contributed by atoms with E-state index < -0.39 is 5.60 Å². The maximum absolute atomic E-state index is 11.1. The Hall–Kier alpha value is -0.600. The smallest absolute Gasteiger partial charge is 0.0705 e. The molecule has 1 saturated carbocycles. The van der Waals surface area contributed by atoms with Gasteiger partial charge in [0, 0.05) is 12.5 Å².